The van der Waals surface area contributed by atoms with Crippen molar-refractivity contribution in [3.8, 4) is 5.75 Å². The maximum Gasteiger partial charge on any atom is 0.123 e. The van der Waals surface area contributed by atoms with Crippen molar-refractivity contribution in [2.75, 3.05) is 13.6 Å². The van der Waals surface area contributed by atoms with Gasteiger partial charge in [0.2, 0.25) is 0 Å². The van der Waals surface area contributed by atoms with Crippen molar-refractivity contribution in [1.29, 1.82) is 0 Å². The van der Waals surface area contributed by atoms with Crippen LogP contribution >= 0.6 is 0 Å². The molecule has 0 aromatic heterocycles. The van der Waals surface area contributed by atoms with Gasteiger partial charge in [0.05, 0.1) is 0 Å². The number of hydrogen-bond donors (Lipinski definition) is 1. The molecule has 0 saturated carbocycles. The first-order valence-corrected chi connectivity index (χ1v) is 6.65. The number of rotatable bonds is 2. The highest BCUT2D eigenvalue weighted by molar-refractivity contribution is 5.91. The molecule has 1 saturated heterocycles. The smallest absolute Gasteiger partial charge is 0.123 e. The standard InChI is InChI=1S/C16H19NO/c1-17-10-4-8-14(17)11-13-7-2-5-12-6-3-9-15(18)16(12)13/h2-3,5-7,9,14,18H,4,8,10-11H2,1H3/t14-/m1/s1. The highest BCUT2D eigenvalue weighted by Gasteiger charge is 2.21. The van der Waals surface area contributed by atoms with Gasteiger partial charge in [-0.1, -0.05) is 30.3 Å². The molecule has 2 aromatic carbocycles. The molecule has 0 amide bonds. The van der Waals surface area contributed by atoms with Gasteiger partial charge in [-0.05, 0) is 49.9 Å². The van der Waals surface area contributed by atoms with Crippen LogP contribution in [0.25, 0.3) is 10.8 Å². The minimum Gasteiger partial charge on any atom is -0.507 e. The third-order valence-corrected chi connectivity index (χ3v) is 4.10. The third-order valence-electron chi connectivity index (χ3n) is 4.10. The number of phenols is 1. The van der Waals surface area contributed by atoms with Gasteiger partial charge < -0.3 is 10.0 Å². The van der Waals surface area contributed by atoms with Crippen molar-refractivity contribution in [2.24, 2.45) is 0 Å². The molecule has 0 unspecified atom stereocenters. The average Bonchev–Trinajstić information content (AvgIpc) is 2.76. The largest absolute Gasteiger partial charge is 0.507 e. The fraction of sp³-hybridized carbons (Fsp3) is 0.375. The Kier molecular flexibility index (Phi) is 2.96. The van der Waals surface area contributed by atoms with Crippen molar-refractivity contribution in [2.45, 2.75) is 25.3 Å². The lowest BCUT2D eigenvalue weighted by molar-refractivity contribution is 0.309. The molecular weight excluding hydrogens is 222 g/mol. The van der Waals surface area contributed by atoms with Crippen molar-refractivity contribution in [3.05, 3.63) is 42.0 Å². The van der Waals surface area contributed by atoms with Crippen LogP contribution in [0, 0.1) is 0 Å². The number of likely N-dealkylation sites (N-methyl/N-ethyl adjacent to an activating group) is 1. The van der Waals surface area contributed by atoms with E-state index in [1.54, 1.807) is 6.07 Å². The molecule has 18 heavy (non-hydrogen) atoms. The third kappa shape index (κ3) is 1.97. The molecule has 1 fully saturated rings. The summed E-state index contributed by atoms with van der Waals surface area (Å²) < 4.78 is 0. The normalized spacial score (nSPS) is 20.6. The fourth-order valence-corrected chi connectivity index (χ4v) is 3.06. The number of fused-ring (bicyclic) bond motifs is 1. The zero-order chi connectivity index (χ0) is 12.5. The zero-order valence-electron chi connectivity index (χ0n) is 10.8. The molecule has 3 rings (SSSR count). The predicted octanol–water partition coefficient (Wildman–Crippen LogP) is 3.18. The first kappa shape index (κ1) is 11.5. The summed E-state index contributed by atoms with van der Waals surface area (Å²) in [6, 6.07) is 12.7. The summed E-state index contributed by atoms with van der Waals surface area (Å²) in [5.74, 6) is 0.406. The minimum atomic E-state index is 0.406. The summed E-state index contributed by atoms with van der Waals surface area (Å²) in [5.41, 5.74) is 1.27. The molecule has 1 heterocycles. The summed E-state index contributed by atoms with van der Waals surface area (Å²) >= 11 is 0. The summed E-state index contributed by atoms with van der Waals surface area (Å²) in [7, 11) is 2.20. The SMILES string of the molecule is CN1CCC[C@@H]1Cc1cccc2cccc(O)c12. The maximum absolute atomic E-state index is 10.1. The zero-order valence-corrected chi connectivity index (χ0v) is 10.8. The molecule has 1 atom stereocenters. The Balaban J connectivity index is 2.01. The van der Waals surface area contributed by atoms with Crippen molar-refractivity contribution in [3.63, 3.8) is 0 Å². The maximum atomic E-state index is 10.1. The van der Waals surface area contributed by atoms with E-state index in [2.05, 4.69) is 36.2 Å². The van der Waals surface area contributed by atoms with Crippen LogP contribution < -0.4 is 0 Å². The predicted molar refractivity (Wildman–Crippen MR) is 75.0 cm³/mol. The second-order valence-electron chi connectivity index (χ2n) is 5.27. The molecule has 0 spiro atoms. The second-order valence-corrected chi connectivity index (χ2v) is 5.27. The van der Waals surface area contributed by atoms with Gasteiger partial charge in [-0.3, -0.25) is 0 Å². The summed E-state index contributed by atoms with van der Waals surface area (Å²) in [6.07, 6.45) is 3.59. The van der Waals surface area contributed by atoms with E-state index in [9.17, 15) is 5.11 Å². The van der Waals surface area contributed by atoms with Gasteiger partial charge >= 0.3 is 0 Å². The van der Waals surface area contributed by atoms with Crippen LogP contribution in [0.15, 0.2) is 36.4 Å². The Bertz CT molecular complexity index is 559. The monoisotopic (exact) mass is 241 g/mol. The number of phenolic OH excluding ortho intramolecular Hbond substituents is 1. The molecule has 2 nitrogen and oxygen atoms in total. The van der Waals surface area contributed by atoms with Gasteiger partial charge in [0, 0.05) is 11.4 Å². The number of aromatic hydroxyl groups is 1. The summed E-state index contributed by atoms with van der Waals surface area (Å²) in [5, 5.41) is 12.2. The highest BCUT2D eigenvalue weighted by Crippen LogP contribution is 2.30. The fourth-order valence-electron chi connectivity index (χ4n) is 3.06. The quantitative estimate of drug-likeness (QED) is 0.873. The van der Waals surface area contributed by atoms with E-state index < -0.39 is 0 Å². The Hall–Kier alpha value is -1.54. The lowest BCUT2D eigenvalue weighted by Gasteiger charge is -2.20. The van der Waals surface area contributed by atoms with E-state index >= 15 is 0 Å². The van der Waals surface area contributed by atoms with Crippen LogP contribution in [0.4, 0.5) is 0 Å². The van der Waals surface area contributed by atoms with Gasteiger partial charge in [0.15, 0.2) is 0 Å². The Labute approximate surface area is 108 Å². The lowest BCUT2D eigenvalue weighted by atomic mass is 9.97. The van der Waals surface area contributed by atoms with Crippen molar-refractivity contribution < 1.29 is 5.11 Å². The van der Waals surface area contributed by atoms with E-state index in [0.717, 1.165) is 17.2 Å². The van der Waals surface area contributed by atoms with E-state index in [-0.39, 0.29) is 0 Å². The molecule has 0 aliphatic carbocycles. The van der Waals surface area contributed by atoms with Gasteiger partial charge in [-0.25, -0.2) is 0 Å². The molecule has 1 aliphatic rings. The van der Waals surface area contributed by atoms with Gasteiger partial charge in [-0.2, -0.15) is 0 Å². The van der Waals surface area contributed by atoms with Gasteiger partial charge in [0.25, 0.3) is 0 Å². The molecule has 94 valence electrons. The molecule has 2 heteroatoms. The van der Waals surface area contributed by atoms with Crippen LogP contribution in [0.3, 0.4) is 0 Å². The number of benzene rings is 2. The minimum absolute atomic E-state index is 0.406. The van der Waals surface area contributed by atoms with Gasteiger partial charge in [0.1, 0.15) is 5.75 Å². The van der Waals surface area contributed by atoms with E-state index in [4.69, 9.17) is 0 Å². The molecular formula is C16H19NO. The van der Waals surface area contributed by atoms with Crippen molar-refractivity contribution >= 4 is 10.8 Å². The van der Waals surface area contributed by atoms with E-state index in [0.29, 0.717) is 11.8 Å². The van der Waals surface area contributed by atoms with E-state index in [1.165, 1.54) is 24.9 Å². The van der Waals surface area contributed by atoms with Crippen LogP contribution in [0.1, 0.15) is 18.4 Å². The second kappa shape index (κ2) is 4.62. The van der Waals surface area contributed by atoms with Crippen LogP contribution in [-0.4, -0.2) is 29.6 Å². The first-order chi connectivity index (χ1) is 8.75. The number of likely N-dealkylation sites (tertiary alicyclic amines) is 1. The van der Waals surface area contributed by atoms with Crippen LogP contribution in [-0.2, 0) is 6.42 Å². The topological polar surface area (TPSA) is 23.5 Å². The van der Waals surface area contributed by atoms with Gasteiger partial charge in [-0.15, -0.1) is 0 Å². The summed E-state index contributed by atoms with van der Waals surface area (Å²) in [6.45, 7) is 1.20. The average molecular weight is 241 g/mol. The Morgan fingerprint density at radius 3 is 2.72 bits per heavy atom. The van der Waals surface area contributed by atoms with Crippen LogP contribution in [0.2, 0.25) is 0 Å². The molecule has 1 aliphatic heterocycles. The highest BCUT2D eigenvalue weighted by atomic mass is 16.3. The van der Waals surface area contributed by atoms with Crippen LogP contribution in [0.5, 0.6) is 5.75 Å². The number of hydrogen-bond acceptors (Lipinski definition) is 2. The van der Waals surface area contributed by atoms with E-state index in [1.807, 2.05) is 6.07 Å². The molecule has 0 radical (unpaired) electrons. The Morgan fingerprint density at radius 2 is 2.00 bits per heavy atom. The lowest BCUT2D eigenvalue weighted by Crippen LogP contribution is -2.26. The molecule has 1 N–H and O–H groups in total. The number of nitrogens with zero attached hydrogens (tertiary/aromatic N) is 1. The van der Waals surface area contributed by atoms with Crippen molar-refractivity contribution in [1.82, 2.24) is 4.90 Å². The first-order valence-electron chi connectivity index (χ1n) is 6.65. The molecule has 0 bridgehead atoms. The molecule has 2 aromatic rings. The summed E-state index contributed by atoms with van der Waals surface area (Å²) in [4.78, 5) is 2.43. The Morgan fingerprint density at radius 1 is 1.22 bits per heavy atom.